The fourth-order valence-electron chi connectivity index (χ4n) is 0.429. The maximum Gasteiger partial charge on any atom is 1.00 e. The molecule has 0 rings (SSSR count). The number of hydrogen-bond acceptors (Lipinski definition) is 8. The zero-order chi connectivity index (χ0) is 14.1. The normalized spacial score (nSPS) is 15.9. The second kappa shape index (κ2) is 15.4. The standard InChI is InChI=1S/H3N.4Na.H6O13P4.4H/c;;;;;1-14(2,3)11-16(7,8)13-17(9,10)12-15(4,5)6;;;;/h1H3;;;;;(H,7,8)(H,9,10)(H2,1,2,3)(H2,4,5,6);;;;/q;4*+1;;4*-1. The van der Waals surface area contributed by atoms with Gasteiger partial charge in [-0.3, -0.25) is 0 Å². The van der Waals surface area contributed by atoms with Gasteiger partial charge < -0.3 is 41.2 Å². The van der Waals surface area contributed by atoms with Gasteiger partial charge in [-0.1, -0.05) is 0 Å². The zero-order valence-electron chi connectivity index (χ0n) is 16.0. The van der Waals surface area contributed by atoms with Crippen LogP contribution in [-0.2, 0) is 31.2 Å². The largest absolute Gasteiger partial charge is 1.00 e. The van der Waals surface area contributed by atoms with Crippen LogP contribution in [0.5, 0.6) is 0 Å². The van der Waals surface area contributed by atoms with E-state index in [9.17, 15) is 18.3 Å². The minimum Gasteiger partial charge on any atom is -1.00 e. The van der Waals surface area contributed by atoms with Gasteiger partial charge in [-0.05, 0) is 0 Å². The van der Waals surface area contributed by atoms with Crippen molar-refractivity contribution in [1.29, 1.82) is 0 Å². The van der Waals surface area contributed by atoms with Crippen molar-refractivity contribution >= 4 is 31.3 Å². The predicted molar refractivity (Wildman–Crippen MR) is 56.5 cm³/mol. The van der Waals surface area contributed by atoms with Gasteiger partial charge in [0.1, 0.15) is 0 Å². The van der Waals surface area contributed by atoms with Crippen LogP contribution in [-0.4, -0.2) is 29.4 Å². The quantitative estimate of drug-likeness (QED) is 0.146. The molecule has 2 unspecified atom stereocenters. The fourth-order valence-corrected chi connectivity index (χ4v) is 4.40. The van der Waals surface area contributed by atoms with Gasteiger partial charge in [-0.15, -0.1) is 0 Å². The summed E-state index contributed by atoms with van der Waals surface area (Å²) in [4.78, 5) is 49.4. The average molecular weight is 451 g/mol. The molecule has 0 aromatic carbocycles. The van der Waals surface area contributed by atoms with Crippen molar-refractivity contribution < 1.29 is 184 Å². The molecule has 0 amide bonds. The van der Waals surface area contributed by atoms with E-state index in [-0.39, 0.29) is 130 Å². The summed E-state index contributed by atoms with van der Waals surface area (Å²) < 4.78 is 50.9. The predicted octanol–water partition coefficient (Wildman–Crippen LogP) is -11.9. The molecule has 22 heteroatoms. The Hall–Kier alpha value is 4.52. The van der Waals surface area contributed by atoms with Crippen LogP contribution in [0.2, 0.25) is 0 Å². The van der Waals surface area contributed by atoms with Gasteiger partial charge in [0.15, 0.2) is 0 Å². The van der Waals surface area contributed by atoms with Crippen LogP contribution in [0.3, 0.4) is 0 Å². The van der Waals surface area contributed by atoms with Crippen LogP contribution in [0.1, 0.15) is 5.71 Å². The Morgan fingerprint density at radius 3 is 0.864 bits per heavy atom. The van der Waals surface area contributed by atoms with E-state index >= 15 is 0 Å². The third kappa shape index (κ3) is 26.7. The van der Waals surface area contributed by atoms with Crippen LogP contribution in [0.15, 0.2) is 0 Å². The third-order valence-electron chi connectivity index (χ3n) is 0.625. The molecule has 0 aromatic heterocycles. The summed E-state index contributed by atoms with van der Waals surface area (Å²) >= 11 is 0. The monoisotopic (exact) mass is 451 g/mol. The van der Waals surface area contributed by atoms with E-state index < -0.39 is 31.3 Å². The van der Waals surface area contributed by atoms with Gasteiger partial charge in [-0.25, -0.2) is 18.3 Å². The first-order valence-electron chi connectivity index (χ1n) is 3.03. The molecule has 14 nitrogen and oxygen atoms in total. The molecule has 0 aliphatic carbocycles. The Morgan fingerprint density at radius 1 is 0.545 bits per heavy atom. The average Bonchev–Trinajstić information content (AvgIpc) is 1.65. The molecule has 0 aliphatic heterocycles. The van der Waals surface area contributed by atoms with Gasteiger partial charge in [-0.2, -0.15) is 12.9 Å². The van der Waals surface area contributed by atoms with E-state index in [0.717, 1.165) is 0 Å². The summed E-state index contributed by atoms with van der Waals surface area (Å²) in [5, 5.41) is 0. The van der Waals surface area contributed by atoms with Crippen molar-refractivity contribution in [3.63, 3.8) is 0 Å². The van der Waals surface area contributed by atoms with Crippen molar-refractivity contribution in [3.8, 4) is 0 Å². The Morgan fingerprint density at radius 2 is 0.727 bits per heavy atom. The molecule has 0 saturated carbocycles. The number of rotatable bonds is 6. The maximum atomic E-state index is 10.7. The minimum absolute atomic E-state index is 0. The van der Waals surface area contributed by atoms with Crippen LogP contribution in [0.4, 0.5) is 0 Å². The van der Waals surface area contributed by atoms with E-state index in [1.807, 2.05) is 0 Å². The van der Waals surface area contributed by atoms with Gasteiger partial charge in [0.25, 0.3) is 0 Å². The van der Waals surface area contributed by atoms with Crippen molar-refractivity contribution in [2.75, 3.05) is 0 Å². The molecule has 0 saturated heterocycles. The molecule has 2 atom stereocenters. The van der Waals surface area contributed by atoms with Gasteiger partial charge in [0, 0.05) is 0 Å². The summed E-state index contributed by atoms with van der Waals surface area (Å²) in [6, 6.07) is 0. The van der Waals surface area contributed by atoms with E-state index in [1.54, 1.807) is 0 Å². The first-order valence-corrected chi connectivity index (χ1v) is 9.08. The summed E-state index contributed by atoms with van der Waals surface area (Å²) in [6.07, 6.45) is 0. The molecule has 9 N–H and O–H groups in total. The topological polar surface area (TPSA) is 252 Å². The molecule has 0 radical (unpaired) electrons. The van der Waals surface area contributed by atoms with Crippen LogP contribution >= 0.6 is 31.3 Å². The van der Waals surface area contributed by atoms with E-state index in [0.29, 0.717) is 0 Å². The van der Waals surface area contributed by atoms with Crippen molar-refractivity contribution in [2.45, 2.75) is 0 Å². The first kappa shape index (κ1) is 41.0. The van der Waals surface area contributed by atoms with Crippen molar-refractivity contribution in [1.82, 2.24) is 6.15 Å². The maximum absolute atomic E-state index is 10.7. The molecule has 120 valence electrons. The molecule has 0 aromatic rings. The molecule has 0 fully saturated rings. The molecule has 0 spiro atoms. The van der Waals surface area contributed by atoms with Gasteiger partial charge >= 0.3 is 150 Å². The van der Waals surface area contributed by atoms with Crippen LogP contribution in [0.25, 0.3) is 0 Å². The zero-order valence-corrected chi connectivity index (χ0v) is 23.6. The molecule has 22 heavy (non-hydrogen) atoms. The molecule has 0 aliphatic rings. The molecular weight excluding hydrogens is 438 g/mol. The fraction of sp³-hybridized carbons (Fsp3) is 0. The molecular formula is H13NNa4O13P4. The Kier molecular flexibility index (Phi) is 28.8. The third-order valence-corrected chi connectivity index (χ3v) is 5.63. The Labute approximate surface area is 218 Å². The SMILES string of the molecule is N.O=P(O)(O)OP(=O)(O)OP(=O)(O)OP(=O)(O)O.[H-].[H-].[H-].[H-].[Na+].[Na+].[Na+].[Na+]. The van der Waals surface area contributed by atoms with Crippen molar-refractivity contribution in [3.05, 3.63) is 0 Å². The minimum atomic E-state index is -5.77. The van der Waals surface area contributed by atoms with E-state index in [1.165, 1.54) is 0 Å². The second-order valence-electron chi connectivity index (χ2n) is 2.16. The number of phosphoric acid groups is 4. The van der Waals surface area contributed by atoms with Crippen LogP contribution in [0, 0.1) is 0 Å². The van der Waals surface area contributed by atoms with E-state index in [2.05, 4.69) is 12.9 Å². The Balaban J connectivity index is -0.0000000356. The van der Waals surface area contributed by atoms with Gasteiger partial charge in [0.2, 0.25) is 0 Å². The molecule has 0 bridgehead atoms. The second-order valence-corrected chi connectivity index (χ2v) is 7.96. The van der Waals surface area contributed by atoms with Crippen LogP contribution < -0.4 is 124 Å². The summed E-state index contributed by atoms with van der Waals surface area (Å²) in [7, 11) is -22.6. The Bertz CT molecular complexity index is 439. The summed E-state index contributed by atoms with van der Waals surface area (Å²) in [6.45, 7) is 0. The molecule has 0 heterocycles. The smallest absolute Gasteiger partial charge is 1.00 e. The van der Waals surface area contributed by atoms with E-state index in [4.69, 9.17) is 29.4 Å². The van der Waals surface area contributed by atoms with Crippen molar-refractivity contribution in [2.24, 2.45) is 0 Å². The summed E-state index contributed by atoms with van der Waals surface area (Å²) in [5.41, 5.74) is 0. The summed E-state index contributed by atoms with van der Waals surface area (Å²) in [5.74, 6) is 0. The number of hydrogen-bond donors (Lipinski definition) is 7. The first-order chi connectivity index (χ1) is 7.12. The van der Waals surface area contributed by atoms with Gasteiger partial charge in [0.05, 0.1) is 0 Å².